The molecule has 40 heavy (non-hydrogen) atoms. The number of unbranched alkanes of at least 4 members (excludes halogenated alkanes) is 2. The summed E-state index contributed by atoms with van der Waals surface area (Å²) < 4.78 is 98.2. The van der Waals surface area contributed by atoms with Crippen LogP contribution in [0.4, 0.5) is 32.0 Å². The van der Waals surface area contributed by atoms with Crippen LogP contribution in [0.25, 0.3) is 0 Å². The fourth-order valence-corrected chi connectivity index (χ4v) is 5.06. The van der Waals surface area contributed by atoms with E-state index in [9.17, 15) is 39.6 Å². The molecule has 1 unspecified atom stereocenters. The molecule has 0 aromatic heterocycles. The lowest BCUT2D eigenvalue weighted by Gasteiger charge is -2.17. The monoisotopic (exact) mass is 597 g/mol. The SMILES string of the molecule is CCCCCN1CCC(NS(=O)(=O)c2cccc(C(=O)Nc3ccc(C(F)(F)F)cc3)c2)C1.O=C(O)C(F)(F)F. The van der Waals surface area contributed by atoms with E-state index in [0.29, 0.717) is 6.54 Å². The molecule has 8 nitrogen and oxygen atoms in total. The van der Waals surface area contributed by atoms with E-state index in [0.717, 1.165) is 63.0 Å². The molecular formula is C25H29F6N3O5S. The summed E-state index contributed by atoms with van der Waals surface area (Å²) >= 11 is 0. The topological polar surface area (TPSA) is 116 Å². The Morgan fingerprint density at radius 1 is 1.02 bits per heavy atom. The minimum absolute atomic E-state index is 0.0352. The second kappa shape index (κ2) is 13.9. The molecule has 0 saturated carbocycles. The van der Waals surface area contributed by atoms with E-state index in [4.69, 9.17) is 9.90 Å². The highest BCUT2D eigenvalue weighted by molar-refractivity contribution is 7.89. The Bertz CT molecular complexity index is 1250. The largest absolute Gasteiger partial charge is 0.490 e. The van der Waals surface area contributed by atoms with Crippen molar-refractivity contribution in [1.82, 2.24) is 9.62 Å². The molecule has 1 aliphatic heterocycles. The van der Waals surface area contributed by atoms with Gasteiger partial charge in [-0.25, -0.2) is 17.9 Å². The normalized spacial score (nSPS) is 16.2. The Kier molecular flexibility index (Phi) is 11.5. The van der Waals surface area contributed by atoms with E-state index >= 15 is 0 Å². The van der Waals surface area contributed by atoms with Gasteiger partial charge in [-0.3, -0.25) is 4.79 Å². The third kappa shape index (κ3) is 10.4. The molecule has 1 atom stereocenters. The minimum Gasteiger partial charge on any atom is -0.475 e. The van der Waals surface area contributed by atoms with Crippen LogP contribution in [0.15, 0.2) is 53.4 Å². The van der Waals surface area contributed by atoms with Crippen LogP contribution in [-0.2, 0) is 21.0 Å². The van der Waals surface area contributed by atoms with Gasteiger partial charge in [-0.05, 0) is 68.4 Å². The van der Waals surface area contributed by atoms with Crippen LogP contribution in [-0.4, -0.2) is 62.2 Å². The number of benzene rings is 2. The Morgan fingerprint density at radius 3 is 2.20 bits per heavy atom. The number of sulfonamides is 1. The van der Waals surface area contributed by atoms with Crippen molar-refractivity contribution in [2.75, 3.05) is 25.0 Å². The van der Waals surface area contributed by atoms with Crippen molar-refractivity contribution in [3.05, 3.63) is 59.7 Å². The number of hydrogen-bond donors (Lipinski definition) is 3. The van der Waals surface area contributed by atoms with Gasteiger partial charge in [0.25, 0.3) is 5.91 Å². The van der Waals surface area contributed by atoms with Crippen molar-refractivity contribution >= 4 is 27.6 Å². The summed E-state index contributed by atoms with van der Waals surface area (Å²) in [6.07, 6.45) is -5.46. The number of amides is 1. The molecule has 1 fully saturated rings. The second-order valence-corrected chi connectivity index (χ2v) is 10.7. The van der Waals surface area contributed by atoms with Gasteiger partial charge in [-0.2, -0.15) is 26.3 Å². The highest BCUT2D eigenvalue weighted by atomic mass is 32.2. The van der Waals surface area contributed by atoms with Crippen LogP contribution in [0.2, 0.25) is 0 Å². The van der Waals surface area contributed by atoms with Crippen molar-refractivity contribution in [3.63, 3.8) is 0 Å². The quantitative estimate of drug-likeness (QED) is 0.273. The standard InChI is InChI=1S/C23H28F3N3O3S.C2HF3O2/c1-2-3-4-13-29-14-12-20(16-29)28-33(31,32)21-7-5-6-17(15-21)22(30)27-19-10-8-18(9-11-19)23(24,25)26;3-2(4,5)1(6)7/h5-11,15,20,28H,2-4,12-14,16H2,1H3,(H,27,30);(H,6,7). The molecule has 0 aliphatic carbocycles. The van der Waals surface area contributed by atoms with E-state index < -0.39 is 39.8 Å². The molecule has 2 aromatic carbocycles. The lowest BCUT2D eigenvalue weighted by atomic mass is 10.2. The third-order valence-corrected chi connectivity index (χ3v) is 7.31. The molecule has 0 spiro atoms. The number of anilines is 1. The highest BCUT2D eigenvalue weighted by Gasteiger charge is 2.38. The molecule has 0 radical (unpaired) electrons. The number of alkyl halides is 6. The molecule has 3 N–H and O–H groups in total. The fraction of sp³-hybridized carbons (Fsp3) is 0.440. The number of hydrogen-bond acceptors (Lipinski definition) is 5. The number of halogens is 6. The maximum atomic E-state index is 12.9. The summed E-state index contributed by atoms with van der Waals surface area (Å²) in [7, 11) is -3.82. The van der Waals surface area contributed by atoms with Gasteiger partial charge in [0, 0.05) is 23.8 Å². The van der Waals surface area contributed by atoms with E-state index in [1.54, 1.807) is 0 Å². The van der Waals surface area contributed by atoms with Gasteiger partial charge in [0.15, 0.2) is 0 Å². The fourth-order valence-electron chi connectivity index (χ4n) is 3.76. The first-order valence-electron chi connectivity index (χ1n) is 12.2. The second-order valence-electron chi connectivity index (χ2n) is 8.97. The van der Waals surface area contributed by atoms with Gasteiger partial charge in [0.05, 0.1) is 10.5 Å². The molecule has 1 amide bonds. The molecule has 1 heterocycles. The van der Waals surface area contributed by atoms with Crippen molar-refractivity contribution in [1.29, 1.82) is 0 Å². The number of carboxylic acid groups (broad SMARTS) is 1. The Morgan fingerprint density at radius 2 is 1.65 bits per heavy atom. The number of nitrogens with zero attached hydrogens (tertiary/aromatic N) is 1. The lowest BCUT2D eigenvalue weighted by Crippen LogP contribution is -2.37. The maximum absolute atomic E-state index is 12.9. The van der Waals surface area contributed by atoms with Crippen molar-refractivity contribution < 1.29 is 49.5 Å². The molecule has 0 bridgehead atoms. The van der Waals surface area contributed by atoms with Gasteiger partial charge in [-0.1, -0.05) is 25.8 Å². The smallest absolute Gasteiger partial charge is 0.475 e. The summed E-state index contributed by atoms with van der Waals surface area (Å²) in [4.78, 5) is 23.6. The maximum Gasteiger partial charge on any atom is 0.490 e. The van der Waals surface area contributed by atoms with Gasteiger partial charge in [0.1, 0.15) is 0 Å². The van der Waals surface area contributed by atoms with Crippen molar-refractivity contribution in [2.24, 2.45) is 0 Å². The molecule has 1 aliphatic rings. The zero-order valence-electron chi connectivity index (χ0n) is 21.3. The van der Waals surface area contributed by atoms with Gasteiger partial charge in [0.2, 0.25) is 10.0 Å². The first-order valence-corrected chi connectivity index (χ1v) is 13.6. The highest BCUT2D eigenvalue weighted by Crippen LogP contribution is 2.30. The number of carbonyl (C=O) groups excluding carboxylic acids is 1. The predicted octanol–water partition coefficient (Wildman–Crippen LogP) is 5.13. The van der Waals surface area contributed by atoms with Crippen LogP contribution < -0.4 is 10.0 Å². The van der Waals surface area contributed by atoms with Crippen LogP contribution in [0.1, 0.15) is 48.5 Å². The minimum atomic E-state index is -5.08. The molecule has 1 saturated heterocycles. The van der Waals surface area contributed by atoms with Crippen LogP contribution in [0.3, 0.4) is 0 Å². The average Bonchev–Trinajstić information content (AvgIpc) is 3.30. The molecular weight excluding hydrogens is 568 g/mol. The van der Waals surface area contributed by atoms with E-state index in [2.05, 4.69) is 21.9 Å². The zero-order chi connectivity index (χ0) is 30.1. The number of rotatable bonds is 9. The van der Waals surface area contributed by atoms with Crippen LogP contribution in [0.5, 0.6) is 0 Å². The third-order valence-electron chi connectivity index (χ3n) is 5.79. The van der Waals surface area contributed by atoms with Gasteiger partial charge >= 0.3 is 18.3 Å². The van der Waals surface area contributed by atoms with Crippen molar-refractivity contribution in [3.8, 4) is 0 Å². The Hall–Kier alpha value is -3.17. The summed E-state index contributed by atoms with van der Waals surface area (Å²) in [6, 6.07) is 9.42. The average molecular weight is 598 g/mol. The first-order chi connectivity index (χ1) is 18.5. The zero-order valence-corrected chi connectivity index (χ0v) is 22.2. The number of likely N-dealkylation sites (tertiary alicyclic amines) is 1. The summed E-state index contributed by atoms with van der Waals surface area (Å²) in [6.45, 7) is 4.58. The van der Waals surface area contributed by atoms with Crippen LogP contribution in [0, 0.1) is 0 Å². The van der Waals surface area contributed by atoms with E-state index in [1.165, 1.54) is 24.3 Å². The number of carbonyl (C=O) groups is 2. The van der Waals surface area contributed by atoms with E-state index in [-0.39, 0.29) is 22.2 Å². The molecule has 3 rings (SSSR count). The van der Waals surface area contributed by atoms with Gasteiger partial charge < -0.3 is 15.3 Å². The first kappa shape index (κ1) is 33.0. The summed E-state index contributed by atoms with van der Waals surface area (Å²) in [5, 5.41) is 9.62. The number of nitrogens with one attached hydrogen (secondary N) is 2. The van der Waals surface area contributed by atoms with Gasteiger partial charge in [-0.15, -0.1) is 0 Å². The summed E-state index contributed by atoms with van der Waals surface area (Å²) in [5.74, 6) is -3.37. The molecule has 2 aromatic rings. The molecule has 15 heteroatoms. The van der Waals surface area contributed by atoms with Crippen LogP contribution >= 0.6 is 0 Å². The predicted molar refractivity (Wildman–Crippen MR) is 134 cm³/mol. The number of aliphatic carboxylic acids is 1. The Balaban J connectivity index is 0.000000708. The summed E-state index contributed by atoms with van der Waals surface area (Å²) in [5.41, 5.74) is -0.561. The lowest BCUT2D eigenvalue weighted by molar-refractivity contribution is -0.192. The number of carboxylic acids is 1. The Labute approximate surface area is 227 Å². The van der Waals surface area contributed by atoms with E-state index in [1.807, 2.05) is 0 Å². The van der Waals surface area contributed by atoms with Crippen molar-refractivity contribution in [2.45, 2.75) is 55.9 Å². The molecule has 222 valence electrons.